The first-order chi connectivity index (χ1) is 10.0. The molecule has 0 saturated heterocycles. The summed E-state index contributed by atoms with van der Waals surface area (Å²) < 4.78 is 6.11. The van der Waals surface area contributed by atoms with E-state index in [1.165, 1.54) is 11.3 Å². The van der Waals surface area contributed by atoms with E-state index in [0.29, 0.717) is 17.2 Å². The van der Waals surface area contributed by atoms with Crippen LogP contribution in [-0.2, 0) is 0 Å². The van der Waals surface area contributed by atoms with Crippen molar-refractivity contribution < 1.29 is 9.53 Å². The molecule has 0 aliphatic rings. The molecule has 1 unspecified atom stereocenters. The summed E-state index contributed by atoms with van der Waals surface area (Å²) in [7, 11) is 1.55. The Hall–Kier alpha value is -1.37. The smallest absolute Gasteiger partial charge is 0.265 e. The van der Waals surface area contributed by atoms with E-state index in [4.69, 9.17) is 10.5 Å². The second-order valence-electron chi connectivity index (χ2n) is 4.56. The molecule has 0 bridgehead atoms. The van der Waals surface area contributed by atoms with Gasteiger partial charge in [0.1, 0.15) is 4.88 Å². The van der Waals surface area contributed by atoms with E-state index in [1.54, 1.807) is 7.11 Å². The Bertz CT molecular complexity index is 628. The van der Waals surface area contributed by atoms with Crippen LogP contribution in [0.1, 0.15) is 26.2 Å². The largest absolute Gasteiger partial charge is 0.494 e. The van der Waals surface area contributed by atoms with Crippen LogP contribution in [0.2, 0.25) is 0 Å². The standard InChI is InChI=1S/C15H17BrN2O2S/c1-9-12(16)13(20-2)14(21-9)15(19)18-8-11(17)10-6-4-3-5-7-10/h3-7,11H,8,17H2,1-2H3,(H,18,19). The summed E-state index contributed by atoms with van der Waals surface area (Å²) >= 11 is 4.82. The van der Waals surface area contributed by atoms with Crippen LogP contribution in [0.25, 0.3) is 0 Å². The minimum absolute atomic E-state index is 0.169. The van der Waals surface area contributed by atoms with Gasteiger partial charge in [0, 0.05) is 17.5 Å². The lowest BCUT2D eigenvalue weighted by molar-refractivity contribution is 0.0952. The van der Waals surface area contributed by atoms with Crippen LogP contribution in [0, 0.1) is 6.92 Å². The lowest BCUT2D eigenvalue weighted by Gasteiger charge is -2.13. The highest BCUT2D eigenvalue weighted by Gasteiger charge is 2.21. The number of nitrogens with two attached hydrogens (primary N) is 1. The molecule has 0 saturated carbocycles. The summed E-state index contributed by atoms with van der Waals surface area (Å²) in [5.41, 5.74) is 7.07. The molecule has 21 heavy (non-hydrogen) atoms. The highest BCUT2D eigenvalue weighted by Crippen LogP contribution is 2.38. The van der Waals surface area contributed by atoms with Crippen molar-refractivity contribution in [2.75, 3.05) is 13.7 Å². The highest BCUT2D eigenvalue weighted by atomic mass is 79.9. The number of carbonyl (C=O) groups is 1. The van der Waals surface area contributed by atoms with Gasteiger partial charge < -0.3 is 15.8 Å². The molecule has 6 heteroatoms. The Labute approximate surface area is 136 Å². The molecule has 2 rings (SSSR count). The molecular weight excluding hydrogens is 352 g/mol. The van der Waals surface area contributed by atoms with Crippen LogP contribution in [0.15, 0.2) is 34.8 Å². The average molecular weight is 369 g/mol. The fourth-order valence-electron chi connectivity index (χ4n) is 1.94. The predicted octanol–water partition coefficient (Wildman–Crippen LogP) is 3.26. The third kappa shape index (κ3) is 3.64. The third-order valence-corrected chi connectivity index (χ3v) is 5.39. The summed E-state index contributed by atoms with van der Waals surface area (Å²) in [6.07, 6.45) is 0. The number of benzene rings is 1. The molecule has 1 aromatic carbocycles. The number of methoxy groups -OCH3 is 1. The van der Waals surface area contributed by atoms with E-state index in [2.05, 4.69) is 21.2 Å². The Morgan fingerprint density at radius 1 is 1.43 bits per heavy atom. The maximum absolute atomic E-state index is 12.3. The molecule has 0 spiro atoms. The van der Waals surface area contributed by atoms with Crippen molar-refractivity contribution in [2.45, 2.75) is 13.0 Å². The Morgan fingerprint density at radius 3 is 2.71 bits per heavy atom. The number of hydrogen-bond donors (Lipinski definition) is 2. The first-order valence-electron chi connectivity index (χ1n) is 6.46. The van der Waals surface area contributed by atoms with Gasteiger partial charge in [0.25, 0.3) is 5.91 Å². The summed E-state index contributed by atoms with van der Waals surface area (Å²) in [5.74, 6) is 0.403. The fraction of sp³-hybridized carbons (Fsp3) is 0.267. The summed E-state index contributed by atoms with van der Waals surface area (Å²) in [5, 5.41) is 2.86. The predicted molar refractivity (Wildman–Crippen MR) is 89.0 cm³/mol. The van der Waals surface area contributed by atoms with Crippen LogP contribution in [0.5, 0.6) is 5.75 Å². The van der Waals surface area contributed by atoms with Crippen LogP contribution >= 0.6 is 27.3 Å². The zero-order valence-electron chi connectivity index (χ0n) is 11.9. The van der Waals surface area contributed by atoms with E-state index in [9.17, 15) is 4.79 Å². The van der Waals surface area contributed by atoms with Crippen LogP contribution in [0.3, 0.4) is 0 Å². The summed E-state index contributed by atoms with van der Waals surface area (Å²) in [4.78, 5) is 13.8. The number of ether oxygens (including phenoxy) is 1. The zero-order valence-corrected chi connectivity index (χ0v) is 14.3. The Balaban J connectivity index is 2.04. The lowest BCUT2D eigenvalue weighted by Crippen LogP contribution is -2.31. The van der Waals surface area contributed by atoms with E-state index in [0.717, 1.165) is 14.9 Å². The molecule has 112 valence electrons. The van der Waals surface area contributed by atoms with Crippen molar-refractivity contribution in [1.82, 2.24) is 5.32 Å². The number of thiophene rings is 1. The third-order valence-electron chi connectivity index (χ3n) is 3.09. The second-order valence-corrected chi connectivity index (χ2v) is 6.58. The van der Waals surface area contributed by atoms with Crippen molar-refractivity contribution in [2.24, 2.45) is 5.73 Å². The second kappa shape index (κ2) is 7.06. The molecule has 1 atom stereocenters. The van der Waals surface area contributed by atoms with Gasteiger partial charge in [0.05, 0.1) is 11.6 Å². The van der Waals surface area contributed by atoms with Crippen molar-refractivity contribution in [1.29, 1.82) is 0 Å². The molecule has 0 aliphatic carbocycles. The topological polar surface area (TPSA) is 64.3 Å². The quantitative estimate of drug-likeness (QED) is 0.850. The molecular formula is C15H17BrN2O2S. The molecule has 0 fully saturated rings. The van der Waals surface area contributed by atoms with E-state index >= 15 is 0 Å². The summed E-state index contributed by atoms with van der Waals surface area (Å²) in [6, 6.07) is 9.46. The Morgan fingerprint density at radius 2 is 2.10 bits per heavy atom. The van der Waals surface area contributed by atoms with Crippen molar-refractivity contribution in [3.05, 3.63) is 50.1 Å². The van der Waals surface area contributed by atoms with E-state index < -0.39 is 0 Å². The van der Waals surface area contributed by atoms with E-state index in [1.807, 2.05) is 37.3 Å². The maximum atomic E-state index is 12.3. The molecule has 3 N–H and O–H groups in total. The minimum Gasteiger partial charge on any atom is -0.494 e. The van der Waals surface area contributed by atoms with Crippen LogP contribution in [-0.4, -0.2) is 19.6 Å². The molecule has 4 nitrogen and oxygen atoms in total. The monoisotopic (exact) mass is 368 g/mol. The summed E-state index contributed by atoms with van der Waals surface area (Å²) in [6.45, 7) is 2.31. The Kier molecular flexibility index (Phi) is 5.39. The van der Waals surface area contributed by atoms with Gasteiger partial charge in [-0.05, 0) is 28.4 Å². The SMILES string of the molecule is COc1c(C(=O)NCC(N)c2ccccc2)sc(C)c1Br. The number of nitrogens with one attached hydrogen (secondary N) is 1. The number of amides is 1. The normalized spacial score (nSPS) is 12.0. The number of aryl methyl sites for hydroxylation is 1. The van der Waals surface area contributed by atoms with Gasteiger partial charge >= 0.3 is 0 Å². The van der Waals surface area contributed by atoms with Gasteiger partial charge in [0.2, 0.25) is 0 Å². The van der Waals surface area contributed by atoms with E-state index in [-0.39, 0.29) is 11.9 Å². The fourth-order valence-corrected chi connectivity index (χ4v) is 3.60. The highest BCUT2D eigenvalue weighted by molar-refractivity contribution is 9.10. The molecule has 0 radical (unpaired) electrons. The number of halogens is 1. The van der Waals surface area contributed by atoms with Gasteiger partial charge in [-0.3, -0.25) is 4.79 Å². The molecule has 1 aromatic heterocycles. The number of rotatable bonds is 5. The van der Waals surface area contributed by atoms with Crippen molar-refractivity contribution in [3.8, 4) is 5.75 Å². The average Bonchev–Trinajstić information content (AvgIpc) is 2.80. The van der Waals surface area contributed by atoms with Crippen LogP contribution in [0.4, 0.5) is 0 Å². The zero-order chi connectivity index (χ0) is 15.4. The van der Waals surface area contributed by atoms with Gasteiger partial charge in [0.15, 0.2) is 5.75 Å². The van der Waals surface area contributed by atoms with Gasteiger partial charge in [-0.2, -0.15) is 0 Å². The molecule has 1 heterocycles. The van der Waals surface area contributed by atoms with Gasteiger partial charge in [-0.25, -0.2) is 0 Å². The van der Waals surface area contributed by atoms with Crippen molar-refractivity contribution in [3.63, 3.8) is 0 Å². The molecule has 0 aliphatic heterocycles. The maximum Gasteiger partial charge on any atom is 0.265 e. The number of carbonyl (C=O) groups excluding carboxylic acids is 1. The number of hydrogen-bond acceptors (Lipinski definition) is 4. The van der Waals surface area contributed by atoms with Crippen molar-refractivity contribution >= 4 is 33.2 Å². The minimum atomic E-state index is -0.231. The van der Waals surface area contributed by atoms with Gasteiger partial charge in [-0.1, -0.05) is 30.3 Å². The lowest BCUT2D eigenvalue weighted by atomic mass is 10.1. The first kappa shape index (κ1) is 16.0. The van der Waals surface area contributed by atoms with Gasteiger partial charge in [-0.15, -0.1) is 11.3 Å². The molecule has 1 amide bonds. The molecule has 2 aromatic rings. The van der Waals surface area contributed by atoms with Crippen LogP contribution < -0.4 is 15.8 Å². The first-order valence-corrected chi connectivity index (χ1v) is 8.07.